The molecule has 0 amide bonds. The molecule has 108 valence electrons. The molecule has 0 unspecified atom stereocenters. The van der Waals surface area contributed by atoms with Crippen LogP contribution in [-0.2, 0) is 13.0 Å². The Morgan fingerprint density at radius 2 is 2.05 bits per heavy atom. The average Bonchev–Trinajstić information content (AvgIpc) is 2.90. The summed E-state index contributed by atoms with van der Waals surface area (Å²) in [5.41, 5.74) is 2.18. The summed E-state index contributed by atoms with van der Waals surface area (Å²) in [6.45, 7) is 4.64. The number of benzene rings is 1. The van der Waals surface area contributed by atoms with Crippen molar-refractivity contribution in [1.29, 1.82) is 0 Å². The number of fused-ring (bicyclic) bond motifs is 1. The minimum atomic E-state index is -0.0587. The molecule has 2 heterocycles. The van der Waals surface area contributed by atoms with Crippen LogP contribution in [-0.4, -0.2) is 9.97 Å². The van der Waals surface area contributed by atoms with Crippen molar-refractivity contribution in [2.45, 2.75) is 26.8 Å². The van der Waals surface area contributed by atoms with Crippen LogP contribution in [0.3, 0.4) is 0 Å². The number of hydrogen-bond donors (Lipinski definition) is 2. The minimum Gasteiger partial charge on any atom is -0.378 e. The van der Waals surface area contributed by atoms with Crippen molar-refractivity contribution in [2.75, 3.05) is 5.32 Å². The molecule has 5 heteroatoms. The van der Waals surface area contributed by atoms with Crippen molar-refractivity contribution >= 4 is 27.2 Å². The largest absolute Gasteiger partial charge is 0.378 e. The second kappa shape index (κ2) is 5.69. The van der Waals surface area contributed by atoms with Crippen molar-refractivity contribution in [2.24, 2.45) is 0 Å². The van der Waals surface area contributed by atoms with Crippen molar-refractivity contribution in [3.8, 4) is 0 Å². The summed E-state index contributed by atoms with van der Waals surface area (Å²) in [6, 6.07) is 10.1. The van der Waals surface area contributed by atoms with E-state index in [2.05, 4.69) is 41.3 Å². The third kappa shape index (κ3) is 2.97. The molecule has 3 rings (SSSR count). The number of aromatic amines is 1. The van der Waals surface area contributed by atoms with Gasteiger partial charge in [-0.25, -0.2) is 4.98 Å². The van der Waals surface area contributed by atoms with Gasteiger partial charge < -0.3 is 10.3 Å². The van der Waals surface area contributed by atoms with Crippen LogP contribution in [0.15, 0.2) is 35.1 Å². The lowest BCUT2D eigenvalue weighted by Crippen LogP contribution is -2.13. The normalized spacial score (nSPS) is 11.0. The van der Waals surface area contributed by atoms with Gasteiger partial charge in [0.25, 0.3) is 5.56 Å². The van der Waals surface area contributed by atoms with Crippen LogP contribution in [0.5, 0.6) is 0 Å². The molecule has 0 aliphatic carbocycles. The molecule has 0 aliphatic heterocycles. The van der Waals surface area contributed by atoms with E-state index < -0.39 is 0 Å². The average molecular weight is 299 g/mol. The van der Waals surface area contributed by atoms with E-state index in [0.717, 1.165) is 16.9 Å². The molecule has 1 aromatic carbocycles. The molecule has 0 bridgehead atoms. The van der Waals surface area contributed by atoms with Gasteiger partial charge in [-0.2, -0.15) is 0 Å². The first-order valence-corrected chi connectivity index (χ1v) is 7.79. The third-order valence-electron chi connectivity index (χ3n) is 3.36. The molecule has 3 aromatic rings. The zero-order valence-corrected chi connectivity index (χ0v) is 12.9. The van der Waals surface area contributed by atoms with Gasteiger partial charge in [0.05, 0.1) is 11.9 Å². The second-order valence-corrected chi connectivity index (χ2v) is 6.13. The van der Waals surface area contributed by atoms with Gasteiger partial charge in [-0.3, -0.25) is 4.79 Å². The summed E-state index contributed by atoms with van der Waals surface area (Å²) in [5, 5.41) is 3.96. The molecule has 0 saturated carbocycles. The lowest BCUT2D eigenvalue weighted by Gasteiger charge is -2.06. The number of H-pyrrole nitrogens is 1. The predicted molar refractivity (Wildman–Crippen MR) is 88.1 cm³/mol. The topological polar surface area (TPSA) is 57.8 Å². The standard InChI is InChI=1S/C16H17N3OS/c1-3-12-8-13-15(20)18-14(19-16(13)21-12)9-17-11-6-4-10(2)5-7-11/h4-8,17H,3,9H2,1-2H3,(H,18,19,20). The van der Waals surface area contributed by atoms with E-state index in [4.69, 9.17) is 0 Å². The summed E-state index contributed by atoms with van der Waals surface area (Å²) in [5.74, 6) is 0.664. The van der Waals surface area contributed by atoms with Crippen LogP contribution in [0.4, 0.5) is 5.69 Å². The van der Waals surface area contributed by atoms with Crippen molar-refractivity contribution in [3.05, 3.63) is 57.0 Å². The van der Waals surface area contributed by atoms with E-state index in [1.54, 1.807) is 11.3 Å². The fourth-order valence-corrected chi connectivity index (χ4v) is 3.13. The summed E-state index contributed by atoms with van der Waals surface area (Å²) < 4.78 is 0. The number of rotatable bonds is 4. The monoisotopic (exact) mass is 299 g/mol. The Balaban J connectivity index is 1.83. The van der Waals surface area contributed by atoms with Gasteiger partial charge in [0, 0.05) is 10.6 Å². The van der Waals surface area contributed by atoms with E-state index >= 15 is 0 Å². The first kappa shape index (κ1) is 13.8. The van der Waals surface area contributed by atoms with Gasteiger partial charge in [-0.1, -0.05) is 24.6 Å². The van der Waals surface area contributed by atoms with E-state index in [1.165, 1.54) is 10.4 Å². The summed E-state index contributed by atoms with van der Waals surface area (Å²) in [7, 11) is 0. The number of nitrogens with one attached hydrogen (secondary N) is 2. The lowest BCUT2D eigenvalue weighted by molar-refractivity contribution is 0.957. The molecule has 0 spiro atoms. The Bertz CT molecular complexity index is 818. The van der Waals surface area contributed by atoms with Crippen LogP contribution in [0.1, 0.15) is 23.2 Å². The molecule has 0 saturated heterocycles. The first-order chi connectivity index (χ1) is 10.2. The molecular weight excluding hydrogens is 282 g/mol. The van der Waals surface area contributed by atoms with Crippen LogP contribution < -0.4 is 10.9 Å². The number of aryl methyl sites for hydroxylation is 2. The molecule has 0 atom stereocenters. The van der Waals surface area contributed by atoms with Crippen LogP contribution in [0.25, 0.3) is 10.2 Å². The number of anilines is 1. The van der Waals surface area contributed by atoms with Gasteiger partial charge in [-0.15, -0.1) is 11.3 Å². The summed E-state index contributed by atoms with van der Waals surface area (Å²) in [4.78, 5) is 21.5. The maximum absolute atomic E-state index is 12.1. The Morgan fingerprint density at radius 3 is 2.76 bits per heavy atom. The molecule has 2 N–H and O–H groups in total. The highest BCUT2D eigenvalue weighted by molar-refractivity contribution is 7.18. The Morgan fingerprint density at radius 1 is 1.29 bits per heavy atom. The van der Waals surface area contributed by atoms with Gasteiger partial charge in [-0.05, 0) is 31.5 Å². The Kier molecular flexibility index (Phi) is 3.75. The number of nitrogens with zero attached hydrogens (tertiary/aromatic N) is 1. The second-order valence-electron chi connectivity index (χ2n) is 5.02. The van der Waals surface area contributed by atoms with Gasteiger partial charge >= 0.3 is 0 Å². The zero-order valence-electron chi connectivity index (χ0n) is 12.1. The fraction of sp³-hybridized carbons (Fsp3) is 0.250. The van der Waals surface area contributed by atoms with Crippen LogP contribution >= 0.6 is 11.3 Å². The quantitative estimate of drug-likeness (QED) is 0.775. The highest BCUT2D eigenvalue weighted by atomic mass is 32.1. The molecular formula is C16H17N3OS. The molecule has 0 radical (unpaired) electrons. The fourth-order valence-electron chi connectivity index (χ4n) is 2.14. The van der Waals surface area contributed by atoms with E-state index in [9.17, 15) is 4.79 Å². The van der Waals surface area contributed by atoms with E-state index in [1.807, 2.05) is 18.2 Å². The maximum Gasteiger partial charge on any atom is 0.259 e. The third-order valence-corrected chi connectivity index (χ3v) is 4.54. The number of hydrogen-bond acceptors (Lipinski definition) is 4. The highest BCUT2D eigenvalue weighted by Crippen LogP contribution is 2.21. The highest BCUT2D eigenvalue weighted by Gasteiger charge is 2.08. The molecule has 21 heavy (non-hydrogen) atoms. The first-order valence-electron chi connectivity index (χ1n) is 6.98. The summed E-state index contributed by atoms with van der Waals surface area (Å²) in [6.07, 6.45) is 0.928. The number of aromatic nitrogens is 2. The van der Waals surface area contributed by atoms with Gasteiger partial charge in [0.2, 0.25) is 0 Å². The Hall–Kier alpha value is -2.14. The van der Waals surface area contributed by atoms with Gasteiger partial charge in [0.15, 0.2) is 0 Å². The van der Waals surface area contributed by atoms with Gasteiger partial charge in [0.1, 0.15) is 10.7 Å². The van der Waals surface area contributed by atoms with Crippen molar-refractivity contribution < 1.29 is 0 Å². The van der Waals surface area contributed by atoms with Crippen molar-refractivity contribution in [3.63, 3.8) is 0 Å². The maximum atomic E-state index is 12.1. The zero-order chi connectivity index (χ0) is 14.8. The summed E-state index contributed by atoms with van der Waals surface area (Å²) >= 11 is 1.59. The van der Waals surface area contributed by atoms with Crippen LogP contribution in [0, 0.1) is 6.92 Å². The predicted octanol–water partition coefficient (Wildman–Crippen LogP) is 3.47. The minimum absolute atomic E-state index is 0.0587. The number of thiophene rings is 1. The van der Waals surface area contributed by atoms with Crippen molar-refractivity contribution in [1.82, 2.24) is 9.97 Å². The SMILES string of the molecule is CCc1cc2c(=O)[nH]c(CNc3ccc(C)cc3)nc2s1. The molecule has 0 aliphatic rings. The molecule has 0 fully saturated rings. The lowest BCUT2D eigenvalue weighted by atomic mass is 10.2. The Labute approximate surface area is 126 Å². The van der Waals surface area contributed by atoms with Crippen LogP contribution in [0.2, 0.25) is 0 Å². The van der Waals surface area contributed by atoms with E-state index in [0.29, 0.717) is 17.8 Å². The molecule has 2 aromatic heterocycles. The smallest absolute Gasteiger partial charge is 0.259 e. The van der Waals surface area contributed by atoms with E-state index in [-0.39, 0.29) is 5.56 Å². The molecule has 4 nitrogen and oxygen atoms in total.